The molecule has 0 spiro atoms. The highest BCUT2D eigenvalue weighted by molar-refractivity contribution is 5.26. The molecule has 0 amide bonds. The van der Waals surface area contributed by atoms with E-state index < -0.39 is 52.9 Å². The molecule has 1 aromatic carbocycles. The Bertz CT molecular complexity index is 862. The molecule has 1 aromatic heterocycles. The van der Waals surface area contributed by atoms with Gasteiger partial charge in [-0.25, -0.2) is 23.1 Å². The standard InChI is InChI=1S/C19H17F7N2O2/c1-10-2-4-11(5-3-10)18(23,24)30-13-8-27-17(28-9-13)19(25,26)29-12-6-14(20)16(22)15(21)7-12/h6-11H,2-5H2,1H3. The Kier molecular flexibility index (Phi) is 6.09. The molecule has 1 heterocycles. The van der Waals surface area contributed by atoms with Gasteiger partial charge in [0.25, 0.3) is 0 Å². The van der Waals surface area contributed by atoms with Crippen LogP contribution in [0.25, 0.3) is 0 Å². The summed E-state index contributed by atoms with van der Waals surface area (Å²) >= 11 is 0. The monoisotopic (exact) mass is 438 g/mol. The van der Waals surface area contributed by atoms with Crippen LogP contribution in [0.3, 0.4) is 0 Å². The van der Waals surface area contributed by atoms with Crippen molar-refractivity contribution in [3.63, 3.8) is 0 Å². The van der Waals surface area contributed by atoms with E-state index in [2.05, 4.69) is 19.4 Å². The molecule has 0 atom stereocenters. The number of ether oxygens (including phenoxy) is 2. The number of halogens is 7. The largest absolute Gasteiger partial charge is 0.462 e. The second-order valence-corrected chi connectivity index (χ2v) is 7.18. The normalized spacial score (nSPS) is 20.1. The van der Waals surface area contributed by atoms with Crippen molar-refractivity contribution >= 4 is 0 Å². The van der Waals surface area contributed by atoms with Gasteiger partial charge in [0.1, 0.15) is 5.75 Å². The lowest BCUT2D eigenvalue weighted by Gasteiger charge is -2.31. The number of aromatic nitrogens is 2. The minimum Gasteiger partial charge on any atom is -0.429 e. The Morgan fingerprint density at radius 3 is 1.90 bits per heavy atom. The number of rotatable bonds is 6. The third kappa shape index (κ3) is 4.93. The van der Waals surface area contributed by atoms with E-state index in [1.165, 1.54) is 0 Å². The van der Waals surface area contributed by atoms with Gasteiger partial charge < -0.3 is 9.47 Å². The van der Waals surface area contributed by atoms with Crippen molar-refractivity contribution in [2.45, 2.75) is 44.8 Å². The van der Waals surface area contributed by atoms with Gasteiger partial charge in [-0.1, -0.05) is 19.8 Å². The van der Waals surface area contributed by atoms with Gasteiger partial charge in [0.2, 0.25) is 5.82 Å². The second kappa shape index (κ2) is 8.27. The van der Waals surface area contributed by atoms with Gasteiger partial charge in [-0.15, -0.1) is 0 Å². The highest BCUT2D eigenvalue weighted by Gasteiger charge is 2.44. The zero-order valence-electron chi connectivity index (χ0n) is 15.6. The molecule has 0 radical (unpaired) electrons. The van der Waals surface area contributed by atoms with Crippen molar-refractivity contribution in [1.82, 2.24) is 9.97 Å². The third-order valence-electron chi connectivity index (χ3n) is 4.84. The van der Waals surface area contributed by atoms with Gasteiger partial charge in [0.05, 0.1) is 18.3 Å². The van der Waals surface area contributed by atoms with Crippen LogP contribution in [0.4, 0.5) is 30.7 Å². The van der Waals surface area contributed by atoms with E-state index in [1.807, 2.05) is 6.92 Å². The Balaban J connectivity index is 1.69. The van der Waals surface area contributed by atoms with Crippen molar-refractivity contribution < 1.29 is 40.2 Å². The first-order valence-corrected chi connectivity index (χ1v) is 9.08. The van der Waals surface area contributed by atoms with E-state index in [9.17, 15) is 30.7 Å². The van der Waals surface area contributed by atoms with Crippen LogP contribution in [-0.4, -0.2) is 16.1 Å². The van der Waals surface area contributed by atoms with Crippen molar-refractivity contribution in [2.75, 3.05) is 0 Å². The predicted octanol–water partition coefficient (Wildman–Crippen LogP) is 5.82. The van der Waals surface area contributed by atoms with Gasteiger partial charge in [-0.05, 0) is 18.8 Å². The quantitative estimate of drug-likeness (QED) is 0.421. The number of benzene rings is 1. The lowest BCUT2D eigenvalue weighted by Crippen LogP contribution is -2.37. The summed E-state index contributed by atoms with van der Waals surface area (Å²) in [6.45, 7) is 1.97. The highest BCUT2D eigenvalue weighted by atomic mass is 19.3. The molecule has 0 bridgehead atoms. The molecule has 1 aliphatic carbocycles. The third-order valence-corrected chi connectivity index (χ3v) is 4.84. The molecule has 3 rings (SSSR count). The highest BCUT2D eigenvalue weighted by Crippen LogP contribution is 2.40. The Labute approximate surface area is 167 Å². The molecule has 1 aliphatic rings. The predicted molar refractivity (Wildman–Crippen MR) is 89.6 cm³/mol. The van der Waals surface area contributed by atoms with Crippen molar-refractivity contribution in [3.8, 4) is 11.5 Å². The van der Waals surface area contributed by atoms with Gasteiger partial charge in [0, 0.05) is 12.1 Å². The van der Waals surface area contributed by atoms with Crippen LogP contribution in [0.2, 0.25) is 0 Å². The lowest BCUT2D eigenvalue weighted by atomic mass is 9.82. The van der Waals surface area contributed by atoms with Gasteiger partial charge in [-0.3, -0.25) is 0 Å². The summed E-state index contributed by atoms with van der Waals surface area (Å²) in [4.78, 5) is 6.49. The summed E-state index contributed by atoms with van der Waals surface area (Å²) in [6, 6.07) is 0.435. The smallest absolute Gasteiger partial charge is 0.429 e. The van der Waals surface area contributed by atoms with E-state index >= 15 is 0 Å². The SMILES string of the molecule is CC1CCC(C(F)(F)Oc2cnc(C(F)(F)Oc3cc(F)c(F)c(F)c3)nc2)CC1. The molecular formula is C19H17F7N2O2. The van der Waals surface area contributed by atoms with E-state index in [0.29, 0.717) is 31.2 Å². The minimum atomic E-state index is -4.28. The Morgan fingerprint density at radius 2 is 1.37 bits per heavy atom. The molecule has 164 valence electrons. The summed E-state index contributed by atoms with van der Waals surface area (Å²) in [5.41, 5.74) is 0. The summed E-state index contributed by atoms with van der Waals surface area (Å²) < 4.78 is 105. The maximum absolute atomic E-state index is 14.3. The van der Waals surface area contributed by atoms with E-state index in [0.717, 1.165) is 0 Å². The fraction of sp³-hybridized carbons (Fsp3) is 0.474. The number of hydrogen-bond acceptors (Lipinski definition) is 4. The molecule has 0 unspecified atom stereocenters. The summed E-state index contributed by atoms with van der Waals surface area (Å²) in [7, 11) is 0. The number of nitrogens with zero attached hydrogens (tertiary/aromatic N) is 2. The topological polar surface area (TPSA) is 44.2 Å². The maximum Gasteiger partial charge on any atom is 0.462 e. The van der Waals surface area contributed by atoms with Crippen LogP contribution in [0, 0.1) is 29.3 Å². The van der Waals surface area contributed by atoms with Crippen molar-refractivity contribution in [1.29, 1.82) is 0 Å². The van der Waals surface area contributed by atoms with Crippen LogP contribution in [0.15, 0.2) is 24.5 Å². The van der Waals surface area contributed by atoms with E-state index in [1.54, 1.807) is 0 Å². The first-order valence-electron chi connectivity index (χ1n) is 9.08. The second-order valence-electron chi connectivity index (χ2n) is 7.18. The average molecular weight is 438 g/mol. The van der Waals surface area contributed by atoms with E-state index in [4.69, 9.17) is 0 Å². The van der Waals surface area contributed by atoms with Crippen LogP contribution < -0.4 is 9.47 Å². The van der Waals surface area contributed by atoms with Crippen LogP contribution in [-0.2, 0) is 6.11 Å². The molecule has 4 nitrogen and oxygen atoms in total. The summed E-state index contributed by atoms with van der Waals surface area (Å²) in [5.74, 6) is -8.79. The van der Waals surface area contributed by atoms with E-state index in [-0.39, 0.29) is 25.0 Å². The molecule has 1 fully saturated rings. The van der Waals surface area contributed by atoms with Crippen molar-refractivity contribution in [3.05, 3.63) is 47.8 Å². The van der Waals surface area contributed by atoms with Crippen LogP contribution >= 0.6 is 0 Å². The Morgan fingerprint density at radius 1 is 0.833 bits per heavy atom. The first-order chi connectivity index (χ1) is 14.0. The molecule has 30 heavy (non-hydrogen) atoms. The fourth-order valence-corrected chi connectivity index (χ4v) is 3.14. The molecular weight excluding hydrogens is 421 g/mol. The summed E-state index contributed by atoms with van der Waals surface area (Å²) in [5, 5.41) is 0. The number of hydrogen-bond donors (Lipinski definition) is 0. The van der Waals surface area contributed by atoms with Gasteiger partial charge in [-0.2, -0.15) is 17.6 Å². The zero-order chi connectivity index (χ0) is 22.1. The average Bonchev–Trinajstić information content (AvgIpc) is 2.66. The number of alkyl halides is 4. The molecule has 11 heteroatoms. The molecule has 0 saturated heterocycles. The van der Waals surface area contributed by atoms with Crippen molar-refractivity contribution in [2.24, 2.45) is 11.8 Å². The Hall–Kier alpha value is -2.59. The van der Waals surface area contributed by atoms with Gasteiger partial charge in [0.15, 0.2) is 23.2 Å². The van der Waals surface area contributed by atoms with Gasteiger partial charge >= 0.3 is 12.2 Å². The maximum atomic E-state index is 14.3. The van der Waals surface area contributed by atoms with Crippen LogP contribution in [0.5, 0.6) is 11.5 Å². The molecule has 0 aliphatic heterocycles. The fourth-order valence-electron chi connectivity index (χ4n) is 3.14. The van der Waals surface area contributed by atoms with Crippen LogP contribution in [0.1, 0.15) is 38.4 Å². The summed E-state index contributed by atoms with van der Waals surface area (Å²) in [6.07, 6.45) is -4.77. The molecule has 2 aromatic rings. The molecule has 0 N–H and O–H groups in total. The zero-order valence-corrected chi connectivity index (χ0v) is 15.6. The first kappa shape index (κ1) is 22.1. The molecule has 1 saturated carbocycles. The minimum absolute atomic E-state index is 0.218. The lowest BCUT2D eigenvalue weighted by molar-refractivity contribution is -0.223.